The number of rotatable bonds is 6. The number of aromatic nitrogens is 1. The lowest BCUT2D eigenvalue weighted by Crippen LogP contribution is -2.49. The number of nitrogens with zero attached hydrogens (tertiary/aromatic N) is 4. The van der Waals surface area contributed by atoms with Crippen LogP contribution in [0.2, 0.25) is 0 Å². The number of likely N-dealkylation sites (tertiary alicyclic amines) is 1. The van der Waals surface area contributed by atoms with E-state index in [4.69, 9.17) is 4.74 Å². The van der Waals surface area contributed by atoms with E-state index in [-0.39, 0.29) is 6.10 Å². The second-order valence-corrected chi connectivity index (χ2v) is 9.80. The summed E-state index contributed by atoms with van der Waals surface area (Å²) < 4.78 is 5.66. The van der Waals surface area contributed by atoms with Gasteiger partial charge in [0.15, 0.2) is 5.96 Å². The van der Waals surface area contributed by atoms with Crippen LogP contribution in [-0.2, 0) is 11.3 Å². The molecule has 1 aromatic rings. The summed E-state index contributed by atoms with van der Waals surface area (Å²) in [5.74, 6) is 2.87. The molecule has 1 atom stereocenters. The molecule has 3 fully saturated rings. The summed E-state index contributed by atoms with van der Waals surface area (Å²) in [7, 11) is 1.86. The zero-order valence-electron chi connectivity index (χ0n) is 20.1. The number of pyridine rings is 1. The highest BCUT2D eigenvalue weighted by Gasteiger charge is 2.23. The molecule has 0 aromatic carbocycles. The fourth-order valence-electron chi connectivity index (χ4n) is 5.34. The molecule has 178 valence electrons. The van der Waals surface area contributed by atoms with Crippen molar-refractivity contribution < 1.29 is 4.74 Å². The van der Waals surface area contributed by atoms with Gasteiger partial charge in [0.25, 0.3) is 0 Å². The lowest BCUT2D eigenvalue weighted by atomic mass is 9.88. The van der Waals surface area contributed by atoms with Crippen molar-refractivity contribution in [1.29, 1.82) is 0 Å². The van der Waals surface area contributed by atoms with Crippen molar-refractivity contribution in [3.8, 4) is 0 Å². The van der Waals surface area contributed by atoms with E-state index in [0.29, 0.717) is 6.04 Å². The quantitative estimate of drug-likeness (QED) is 0.522. The number of piperidine rings is 1. The van der Waals surface area contributed by atoms with Gasteiger partial charge in [-0.1, -0.05) is 19.3 Å². The fraction of sp³-hybridized carbons (Fsp3) is 0.760. The van der Waals surface area contributed by atoms with Gasteiger partial charge < -0.3 is 25.2 Å². The molecule has 7 nitrogen and oxygen atoms in total. The van der Waals surface area contributed by atoms with Crippen molar-refractivity contribution in [3.63, 3.8) is 0 Å². The Balaban J connectivity index is 1.20. The Kier molecular flexibility index (Phi) is 8.62. The van der Waals surface area contributed by atoms with Gasteiger partial charge in [-0.2, -0.15) is 0 Å². The number of hydrogen-bond donors (Lipinski definition) is 2. The fourth-order valence-corrected chi connectivity index (χ4v) is 5.34. The van der Waals surface area contributed by atoms with Crippen LogP contribution in [0.5, 0.6) is 0 Å². The third-order valence-corrected chi connectivity index (χ3v) is 7.23. The van der Waals surface area contributed by atoms with E-state index >= 15 is 0 Å². The molecule has 0 bridgehead atoms. The molecule has 1 saturated carbocycles. The van der Waals surface area contributed by atoms with Crippen molar-refractivity contribution in [2.45, 2.75) is 70.6 Å². The summed E-state index contributed by atoms with van der Waals surface area (Å²) in [6.45, 7) is 9.15. The van der Waals surface area contributed by atoms with Gasteiger partial charge in [-0.05, 0) is 56.2 Å². The predicted octanol–water partition coefficient (Wildman–Crippen LogP) is 3.02. The number of hydrogen-bond acceptors (Lipinski definition) is 5. The maximum Gasteiger partial charge on any atom is 0.191 e. The molecule has 3 aliphatic rings. The Morgan fingerprint density at radius 2 is 1.97 bits per heavy atom. The van der Waals surface area contributed by atoms with E-state index in [1.54, 1.807) is 0 Å². The van der Waals surface area contributed by atoms with E-state index in [0.717, 1.165) is 43.9 Å². The minimum Gasteiger partial charge on any atom is -0.375 e. The maximum absolute atomic E-state index is 5.66. The smallest absolute Gasteiger partial charge is 0.191 e. The number of anilines is 1. The Morgan fingerprint density at radius 1 is 1.16 bits per heavy atom. The molecule has 1 unspecified atom stereocenters. The van der Waals surface area contributed by atoms with Crippen molar-refractivity contribution >= 4 is 11.8 Å². The summed E-state index contributed by atoms with van der Waals surface area (Å²) in [6.07, 6.45) is 11.8. The highest BCUT2D eigenvalue weighted by molar-refractivity contribution is 5.80. The lowest BCUT2D eigenvalue weighted by Gasteiger charge is -2.36. The molecule has 0 spiro atoms. The molecule has 1 aromatic heterocycles. The molecule has 0 amide bonds. The number of nitrogens with one attached hydrogen (secondary N) is 2. The van der Waals surface area contributed by atoms with E-state index in [1.807, 2.05) is 13.2 Å². The van der Waals surface area contributed by atoms with Crippen molar-refractivity contribution in [2.75, 3.05) is 51.3 Å². The highest BCUT2D eigenvalue weighted by atomic mass is 16.5. The maximum atomic E-state index is 5.66. The molecular formula is C25H42N6O. The van der Waals surface area contributed by atoms with Crippen LogP contribution in [0.3, 0.4) is 0 Å². The monoisotopic (exact) mass is 442 g/mol. The summed E-state index contributed by atoms with van der Waals surface area (Å²) in [5, 5.41) is 7.16. The van der Waals surface area contributed by atoms with Crippen molar-refractivity contribution in [1.82, 2.24) is 20.5 Å². The van der Waals surface area contributed by atoms with Crippen LogP contribution in [0, 0.1) is 5.92 Å². The van der Waals surface area contributed by atoms with Gasteiger partial charge in [0.2, 0.25) is 0 Å². The lowest BCUT2D eigenvalue weighted by molar-refractivity contribution is 0.0529. The van der Waals surface area contributed by atoms with Gasteiger partial charge in [-0.3, -0.25) is 4.99 Å². The van der Waals surface area contributed by atoms with E-state index in [2.05, 4.69) is 49.5 Å². The normalized spacial score (nSPS) is 24.5. The second-order valence-electron chi connectivity index (χ2n) is 9.80. The number of morpholine rings is 1. The first-order chi connectivity index (χ1) is 15.7. The van der Waals surface area contributed by atoms with Crippen molar-refractivity contribution in [3.05, 3.63) is 23.9 Å². The third kappa shape index (κ3) is 6.82. The first kappa shape index (κ1) is 23.3. The summed E-state index contributed by atoms with van der Waals surface area (Å²) in [5.41, 5.74) is 1.22. The Morgan fingerprint density at radius 3 is 2.72 bits per heavy atom. The average Bonchev–Trinajstić information content (AvgIpc) is 2.84. The van der Waals surface area contributed by atoms with Gasteiger partial charge in [0, 0.05) is 58.6 Å². The van der Waals surface area contributed by atoms with Crippen LogP contribution < -0.4 is 15.5 Å². The molecule has 1 aliphatic carbocycles. The van der Waals surface area contributed by atoms with Gasteiger partial charge in [-0.15, -0.1) is 0 Å². The molecule has 4 rings (SSSR count). The average molecular weight is 443 g/mol. The second kappa shape index (κ2) is 11.8. The molecule has 7 heteroatoms. The summed E-state index contributed by atoms with van der Waals surface area (Å²) in [4.78, 5) is 14.1. The van der Waals surface area contributed by atoms with Crippen LogP contribution >= 0.6 is 0 Å². The first-order valence-corrected chi connectivity index (χ1v) is 12.7. The molecule has 32 heavy (non-hydrogen) atoms. The van der Waals surface area contributed by atoms with Crippen LogP contribution in [0.1, 0.15) is 57.4 Å². The Hall–Kier alpha value is -1.86. The van der Waals surface area contributed by atoms with Crippen LogP contribution in [0.4, 0.5) is 5.82 Å². The highest BCUT2D eigenvalue weighted by Crippen LogP contribution is 2.25. The SMILES string of the molecule is CN=C(NCc1ccnc(N2CCOC(C)C2)c1)NC1CCN(CC2CCCCC2)CC1. The van der Waals surface area contributed by atoms with Gasteiger partial charge in [0.05, 0.1) is 12.7 Å². The van der Waals surface area contributed by atoms with Gasteiger partial charge in [-0.25, -0.2) is 4.98 Å². The minimum absolute atomic E-state index is 0.254. The molecular weight excluding hydrogens is 400 g/mol. The van der Waals surface area contributed by atoms with E-state index in [1.165, 1.54) is 70.1 Å². The van der Waals surface area contributed by atoms with Crippen LogP contribution in [0.25, 0.3) is 0 Å². The molecule has 2 saturated heterocycles. The minimum atomic E-state index is 0.254. The third-order valence-electron chi connectivity index (χ3n) is 7.23. The number of ether oxygens (including phenoxy) is 1. The topological polar surface area (TPSA) is 65.0 Å². The Bertz CT molecular complexity index is 727. The summed E-state index contributed by atoms with van der Waals surface area (Å²) in [6, 6.07) is 4.77. The molecule has 2 N–H and O–H groups in total. The molecule has 3 heterocycles. The zero-order chi connectivity index (χ0) is 22.2. The molecule has 0 radical (unpaired) electrons. The first-order valence-electron chi connectivity index (χ1n) is 12.7. The van der Waals surface area contributed by atoms with E-state index < -0.39 is 0 Å². The van der Waals surface area contributed by atoms with Gasteiger partial charge >= 0.3 is 0 Å². The van der Waals surface area contributed by atoms with Crippen molar-refractivity contribution in [2.24, 2.45) is 10.9 Å². The van der Waals surface area contributed by atoms with Gasteiger partial charge in [0.1, 0.15) is 5.82 Å². The standard InChI is InChI=1S/C25H42N6O/c1-20-18-31(14-15-32-20)24-16-22(8-11-27-24)17-28-25(26-2)29-23-9-12-30(13-10-23)19-21-6-4-3-5-7-21/h8,11,16,20-21,23H,3-7,9-10,12-15,17-19H2,1-2H3,(H2,26,28,29). The van der Waals surface area contributed by atoms with Crippen LogP contribution in [0.15, 0.2) is 23.3 Å². The number of aliphatic imine (C=N–C) groups is 1. The Labute approximate surface area is 194 Å². The predicted molar refractivity (Wildman–Crippen MR) is 131 cm³/mol. The zero-order valence-corrected chi connectivity index (χ0v) is 20.1. The van der Waals surface area contributed by atoms with E-state index in [9.17, 15) is 0 Å². The summed E-state index contributed by atoms with van der Waals surface area (Å²) >= 11 is 0. The van der Waals surface area contributed by atoms with Crippen LogP contribution in [-0.4, -0.2) is 74.4 Å². The largest absolute Gasteiger partial charge is 0.375 e. The molecule has 2 aliphatic heterocycles. The number of guanidine groups is 1.